The summed E-state index contributed by atoms with van der Waals surface area (Å²) in [5, 5.41) is 2.81. The minimum atomic E-state index is -0.493. The van der Waals surface area contributed by atoms with Crippen LogP contribution in [0.15, 0.2) is 28.7 Å². The van der Waals surface area contributed by atoms with E-state index in [0.29, 0.717) is 10.3 Å². The van der Waals surface area contributed by atoms with Gasteiger partial charge in [-0.05, 0) is 18.2 Å². The van der Waals surface area contributed by atoms with E-state index in [1.54, 1.807) is 13.1 Å². The quantitative estimate of drug-likeness (QED) is 0.911. The Bertz CT molecular complexity index is 579. The second kappa shape index (κ2) is 5.18. The van der Waals surface area contributed by atoms with Crippen molar-refractivity contribution in [2.45, 2.75) is 0 Å². The fourth-order valence-electron chi connectivity index (χ4n) is 1.29. The monoisotopic (exact) mass is 312 g/mol. The molecule has 18 heavy (non-hydrogen) atoms. The lowest BCUT2D eigenvalue weighted by Crippen LogP contribution is -2.01. The van der Waals surface area contributed by atoms with E-state index < -0.39 is 5.82 Å². The maximum Gasteiger partial charge on any atom is 0.226 e. The number of hydrogen-bond donors (Lipinski definition) is 2. The number of benzene rings is 1. The molecule has 0 saturated heterocycles. The first-order valence-electron chi connectivity index (χ1n) is 5.03. The van der Waals surface area contributed by atoms with Gasteiger partial charge in [0.1, 0.15) is 5.82 Å². The van der Waals surface area contributed by atoms with E-state index in [9.17, 15) is 4.39 Å². The van der Waals surface area contributed by atoms with E-state index in [1.165, 1.54) is 18.2 Å². The maximum atomic E-state index is 13.6. The molecule has 0 fully saturated rings. The third-order valence-electron chi connectivity index (χ3n) is 2.08. The van der Waals surface area contributed by atoms with Crippen molar-refractivity contribution < 1.29 is 9.13 Å². The predicted octanol–water partition coefficient (Wildman–Crippen LogP) is 2.79. The number of nitrogen functional groups attached to an aromatic ring is 1. The van der Waals surface area contributed by atoms with Crippen molar-refractivity contribution in [3.63, 3.8) is 0 Å². The molecule has 7 heteroatoms. The highest BCUT2D eigenvalue weighted by Crippen LogP contribution is 2.26. The van der Waals surface area contributed by atoms with Crippen molar-refractivity contribution in [3.05, 3.63) is 34.6 Å². The zero-order chi connectivity index (χ0) is 13.1. The molecule has 0 unspecified atom stereocenters. The van der Waals surface area contributed by atoms with Crippen LogP contribution in [0.2, 0.25) is 0 Å². The second-order valence-electron chi connectivity index (χ2n) is 3.38. The van der Waals surface area contributed by atoms with Crippen molar-refractivity contribution in [1.29, 1.82) is 0 Å². The second-order valence-corrected chi connectivity index (χ2v) is 4.29. The van der Waals surface area contributed by atoms with E-state index in [1.807, 2.05) is 0 Å². The fraction of sp³-hybridized carbons (Fsp3) is 0.0909. The zero-order valence-corrected chi connectivity index (χ0v) is 11.0. The summed E-state index contributed by atoms with van der Waals surface area (Å²) in [7, 11) is 1.69. The molecule has 0 spiro atoms. The Morgan fingerprint density at radius 3 is 2.78 bits per heavy atom. The Kier molecular flexibility index (Phi) is 3.61. The Hall–Kier alpha value is -1.89. The summed E-state index contributed by atoms with van der Waals surface area (Å²) in [5.74, 6) is 0.295. The van der Waals surface area contributed by atoms with E-state index >= 15 is 0 Å². The SMILES string of the molecule is CNc1cc(Oc2ccc(Br)cc2F)nc(N)n1. The number of anilines is 2. The van der Waals surface area contributed by atoms with Crippen molar-refractivity contribution >= 4 is 27.7 Å². The molecular weight excluding hydrogens is 303 g/mol. The van der Waals surface area contributed by atoms with Crippen LogP contribution in [0, 0.1) is 5.82 Å². The topological polar surface area (TPSA) is 73.1 Å². The van der Waals surface area contributed by atoms with E-state index in [2.05, 4.69) is 31.2 Å². The molecule has 0 atom stereocenters. The van der Waals surface area contributed by atoms with Gasteiger partial charge in [-0.25, -0.2) is 4.39 Å². The predicted molar refractivity (Wildman–Crippen MR) is 70.2 cm³/mol. The largest absolute Gasteiger partial charge is 0.436 e. The minimum Gasteiger partial charge on any atom is -0.436 e. The molecule has 5 nitrogen and oxygen atoms in total. The van der Waals surface area contributed by atoms with Crippen molar-refractivity contribution in [2.24, 2.45) is 0 Å². The van der Waals surface area contributed by atoms with Crippen LogP contribution in [0.4, 0.5) is 16.2 Å². The van der Waals surface area contributed by atoms with Gasteiger partial charge in [-0.15, -0.1) is 0 Å². The summed E-state index contributed by atoms with van der Waals surface area (Å²) in [4.78, 5) is 7.77. The Morgan fingerprint density at radius 1 is 1.33 bits per heavy atom. The number of halogens is 2. The molecule has 0 aliphatic carbocycles. The molecule has 0 aliphatic heterocycles. The third-order valence-corrected chi connectivity index (χ3v) is 2.58. The number of nitrogens with zero attached hydrogens (tertiary/aromatic N) is 2. The first-order valence-corrected chi connectivity index (χ1v) is 5.83. The molecule has 2 aromatic rings. The van der Waals surface area contributed by atoms with Crippen LogP contribution in [0.25, 0.3) is 0 Å². The Morgan fingerprint density at radius 2 is 2.11 bits per heavy atom. The molecule has 1 aromatic heterocycles. The van der Waals surface area contributed by atoms with Gasteiger partial charge in [0.15, 0.2) is 11.6 Å². The smallest absolute Gasteiger partial charge is 0.226 e. The molecule has 0 amide bonds. The molecule has 0 bridgehead atoms. The first-order chi connectivity index (χ1) is 8.58. The van der Waals surface area contributed by atoms with Crippen LogP contribution < -0.4 is 15.8 Å². The summed E-state index contributed by atoms with van der Waals surface area (Å²) in [5.41, 5.74) is 5.51. The molecular formula is C11H10BrFN4O. The van der Waals surface area contributed by atoms with Gasteiger partial charge in [0.25, 0.3) is 0 Å². The van der Waals surface area contributed by atoms with Crippen LogP contribution in [-0.4, -0.2) is 17.0 Å². The van der Waals surface area contributed by atoms with Crippen molar-refractivity contribution in [2.75, 3.05) is 18.1 Å². The number of ether oxygens (including phenoxy) is 1. The van der Waals surface area contributed by atoms with Crippen molar-refractivity contribution in [1.82, 2.24) is 9.97 Å². The zero-order valence-electron chi connectivity index (χ0n) is 9.45. The molecule has 0 saturated carbocycles. The molecule has 1 aromatic carbocycles. The summed E-state index contributed by atoms with van der Waals surface area (Å²) < 4.78 is 19.5. The lowest BCUT2D eigenvalue weighted by molar-refractivity contribution is 0.427. The molecule has 2 rings (SSSR count). The lowest BCUT2D eigenvalue weighted by Gasteiger charge is -2.08. The number of aromatic nitrogens is 2. The van der Waals surface area contributed by atoms with Gasteiger partial charge >= 0.3 is 0 Å². The van der Waals surface area contributed by atoms with Crippen LogP contribution in [-0.2, 0) is 0 Å². The van der Waals surface area contributed by atoms with Crippen LogP contribution >= 0.6 is 15.9 Å². The fourth-order valence-corrected chi connectivity index (χ4v) is 1.63. The van der Waals surface area contributed by atoms with Crippen LogP contribution in [0.1, 0.15) is 0 Å². The van der Waals surface area contributed by atoms with Gasteiger partial charge in [-0.2, -0.15) is 9.97 Å². The van der Waals surface area contributed by atoms with E-state index in [-0.39, 0.29) is 17.6 Å². The van der Waals surface area contributed by atoms with Gasteiger partial charge in [-0.3, -0.25) is 0 Å². The number of nitrogens with two attached hydrogens (primary N) is 1. The summed E-state index contributed by atoms with van der Waals surface area (Å²) >= 11 is 3.16. The Labute approximate surface area is 111 Å². The normalized spacial score (nSPS) is 10.2. The average molecular weight is 313 g/mol. The Balaban J connectivity index is 2.30. The van der Waals surface area contributed by atoms with E-state index in [4.69, 9.17) is 10.5 Å². The van der Waals surface area contributed by atoms with Crippen LogP contribution in [0.5, 0.6) is 11.6 Å². The highest BCUT2D eigenvalue weighted by atomic mass is 79.9. The van der Waals surface area contributed by atoms with Crippen LogP contribution in [0.3, 0.4) is 0 Å². The molecule has 94 valence electrons. The minimum absolute atomic E-state index is 0.0503. The maximum absolute atomic E-state index is 13.6. The van der Waals surface area contributed by atoms with Gasteiger partial charge in [0.05, 0.1) is 0 Å². The standard InChI is InChI=1S/C11H10BrFN4O/c1-15-9-5-10(17-11(14)16-9)18-8-3-2-6(12)4-7(8)13/h2-5H,1H3,(H3,14,15,16,17). The molecule has 0 radical (unpaired) electrons. The van der Waals surface area contributed by atoms with E-state index in [0.717, 1.165) is 0 Å². The van der Waals surface area contributed by atoms with Gasteiger partial charge < -0.3 is 15.8 Å². The lowest BCUT2D eigenvalue weighted by atomic mass is 10.3. The number of nitrogens with one attached hydrogen (secondary N) is 1. The van der Waals surface area contributed by atoms with Crippen molar-refractivity contribution in [3.8, 4) is 11.6 Å². The van der Waals surface area contributed by atoms with Gasteiger partial charge in [-0.1, -0.05) is 15.9 Å². The number of hydrogen-bond acceptors (Lipinski definition) is 5. The average Bonchev–Trinajstić information content (AvgIpc) is 2.32. The highest BCUT2D eigenvalue weighted by Gasteiger charge is 2.08. The summed E-state index contributed by atoms with van der Waals surface area (Å²) in [6.07, 6.45) is 0. The third kappa shape index (κ3) is 2.86. The van der Waals surface area contributed by atoms with Gasteiger partial charge in [0, 0.05) is 17.6 Å². The number of rotatable bonds is 3. The van der Waals surface area contributed by atoms with Gasteiger partial charge in [0.2, 0.25) is 11.8 Å². The highest BCUT2D eigenvalue weighted by molar-refractivity contribution is 9.10. The summed E-state index contributed by atoms with van der Waals surface area (Å²) in [6, 6.07) is 6.00. The first kappa shape index (κ1) is 12.6. The molecule has 0 aliphatic rings. The molecule has 3 N–H and O–H groups in total. The summed E-state index contributed by atoms with van der Waals surface area (Å²) in [6.45, 7) is 0. The molecule has 1 heterocycles.